The second kappa shape index (κ2) is 7.41. The van der Waals surface area contributed by atoms with Crippen molar-refractivity contribution in [1.82, 2.24) is 15.5 Å². The molecule has 28 heavy (non-hydrogen) atoms. The number of hydrogen-bond donors (Lipinski definition) is 2. The fourth-order valence-electron chi connectivity index (χ4n) is 5.87. The maximum Gasteiger partial charge on any atom is 0.225 e. The maximum atomic E-state index is 12.6. The Kier molecular flexibility index (Phi) is 4.77. The van der Waals surface area contributed by atoms with Gasteiger partial charge in [0.2, 0.25) is 5.91 Å². The molecule has 1 amide bonds. The highest BCUT2D eigenvalue weighted by molar-refractivity contribution is 5.81. The van der Waals surface area contributed by atoms with Crippen LogP contribution in [-0.2, 0) is 11.2 Å². The number of amides is 1. The van der Waals surface area contributed by atoms with Crippen LogP contribution in [0.2, 0.25) is 0 Å². The third kappa shape index (κ3) is 3.29. The van der Waals surface area contributed by atoms with Crippen molar-refractivity contribution in [3.8, 4) is 0 Å². The van der Waals surface area contributed by atoms with Crippen molar-refractivity contribution in [1.29, 1.82) is 0 Å². The summed E-state index contributed by atoms with van der Waals surface area (Å²) in [5.41, 5.74) is 3.12. The zero-order valence-electron chi connectivity index (χ0n) is 16.9. The largest absolute Gasteiger partial charge is 0.356 e. The zero-order valence-corrected chi connectivity index (χ0v) is 16.9. The first-order valence-electron chi connectivity index (χ1n) is 11.1. The first-order valence-corrected chi connectivity index (χ1v) is 11.1. The summed E-state index contributed by atoms with van der Waals surface area (Å²) in [5.74, 6) is 3.85. The Hall–Kier alpha value is -2.04. The van der Waals surface area contributed by atoms with Gasteiger partial charge in [-0.3, -0.25) is 9.79 Å². The van der Waals surface area contributed by atoms with E-state index < -0.39 is 0 Å². The molecule has 4 aliphatic rings. The van der Waals surface area contributed by atoms with Gasteiger partial charge in [-0.05, 0) is 54.6 Å². The maximum absolute atomic E-state index is 12.6. The summed E-state index contributed by atoms with van der Waals surface area (Å²) in [5, 5.41) is 7.11. The molecule has 2 saturated carbocycles. The van der Waals surface area contributed by atoms with E-state index in [-0.39, 0.29) is 5.92 Å². The molecular formula is C23H32N4O. The number of rotatable bonds is 4. The Bertz CT molecular complexity index is 770. The normalized spacial score (nSPS) is 31.6. The fraction of sp³-hybridized carbons (Fsp3) is 0.652. The highest BCUT2D eigenvalue weighted by Gasteiger charge is 2.54. The molecule has 4 atom stereocenters. The molecule has 2 N–H and O–H groups in total. The summed E-state index contributed by atoms with van der Waals surface area (Å²) in [4.78, 5) is 19.1. The number of nitrogens with zero attached hydrogens (tertiary/aromatic N) is 2. The third-order valence-corrected chi connectivity index (χ3v) is 7.48. The topological polar surface area (TPSA) is 56.7 Å². The molecule has 5 rings (SSSR count). The Labute approximate surface area is 168 Å². The lowest BCUT2D eigenvalue weighted by Gasteiger charge is -2.21. The van der Waals surface area contributed by atoms with E-state index in [2.05, 4.69) is 44.8 Å². The molecule has 150 valence electrons. The van der Waals surface area contributed by atoms with Gasteiger partial charge in [0.15, 0.2) is 5.96 Å². The third-order valence-electron chi connectivity index (χ3n) is 7.48. The van der Waals surface area contributed by atoms with Gasteiger partial charge in [0, 0.05) is 38.6 Å². The van der Waals surface area contributed by atoms with Crippen molar-refractivity contribution in [3.05, 3.63) is 35.4 Å². The number of likely N-dealkylation sites (tertiary alicyclic amines) is 1. The summed E-state index contributed by atoms with van der Waals surface area (Å²) in [7, 11) is 1.84. The van der Waals surface area contributed by atoms with Gasteiger partial charge in [0.1, 0.15) is 0 Å². The van der Waals surface area contributed by atoms with Crippen molar-refractivity contribution in [2.75, 3.05) is 26.7 Å². The summed E-state index contributed by atoms with van der Waals surface area (Å²) < 4.78 is 0. The average molecular weight is 381 g/mol. The monoisotopic (exact) mass is 380 g/mol. The van der Waals surface area contributed by atoms with E-state index in [4.69, 9.17) is 0 Å². The number of guanidine groups is 1. The second-order valence-corrected chi connectivity index (χ2v) is 9.11. The van der Waals surface area contributed by atoms with Crippen LogP contribution in [0.1, 0.15) is 49.1 Å². The van der Waals surface area contributed by atoms with Crippen molar-refractivity contribution >= 4 is 11.9 Å². The SMILES string of the molecule is CN=C(NCC1C2Cc3ccccc3C12)NC1CCN(C(=O)C2CCCC2)C1. The molecule has 0 aromatic heterocycles. The minimum Gasteiger partial charge on any atom is -0.356 e. The van der Waals surface area contributed by atoms with E-state index >= 15 is 0 Å². The molecule has 4 unspecified atom stereocenters. The van der Waals surface area contributed by atoms with Crippen LogP contribution in [0.25, 0.3) is 0 Å². The summed E-state index contributed by atoms with van der Waals surface area (Å²) >= 11 is 0. The van der Waals surface area contributed by atoms with Crippen molar-refractivity contribution < 1.29 is 4.79 Å². The van der Waals surface area contributed by atoms with Crippen LogP contribution < -0.4 is 10.6 Å². The van der Waals surface area contributed by atoms with E-state index in [1.54, 1.807) is 11.1 Å². The molecule has 1 aliphatic heterocycles. The molecule has 1 heterocycles. The van der Waals surface area contributed by atoms with Crippen LogP contribution in [0, 0.1) is 17.8 Å². The van der Waals surface area contributed by atoms with Crippen LogP contribution in [0.4, 0.5) is 0 Å². The van der Waals surface area contributed by atoms with Crippen molar-refractivity contribution in [2.24, 2.45) is 22.7 Å². The van der Waals surface area contributed by atoms with Gasteiger partial charge in [0.25, 0.3) is 0 Å². The molecule has 3 fully saturated rings. The number of hydrogen-bond acceptors (Lipinski definition) is 2. The minimum absolute atomic E-state index is 0.286. The zero-order chi connectivity index (χ0) is 19.1. The van der Waals surface area contributed by atoms with Gasteiger partial charge in [-0.25, -0.2) is 0 Å². The predicted molar refractivity (Wildman–Crippen MR) is 111 cm³/mol. The van der Waals surface area contributed by atoms with E-state index in [1.165, 1.54) is 19.3 Å². The van der Waals surface area contributed by atoms with Gasteiger partial charge in [-0.15, -0.1) is 0 Å². The molecule has 1 saturated heterocycles. The van der Waals surface area contributed by atoms with Crippen LogP contribution in [0.5, 0.6) is 0 Å². The summed E-state index contributed by atoms with van der Waals surface area (Å²) in [6, 6.07) is 9.23. The Balaban J connectivity index is 1.09. The Morgan fingerprint density at radius 3 is 2.86 bits per heavy atom. The van der Waals surface area contributed by atoms with Crippen LogP contribution >= 0.6 is 0 Å². The number of benzene rings is 1. The van der Waals surface area contributed by atoms with Gasteiger partial charge in [-0.1, -0.05) is 37.1 Å². The average Bonchev–Trinajstić information content (AvgIpc) is 3.22. The first kappa shape index (κ1) is 18.0. The van der Waals surface area contributed by atoms with E-state index in [9.17, 15) is 4.79 Å². The molecular weight excluding hydrogens is 348 g/mol. The lowest BCUT2D eigenvalue weighted by molar-refractivity contribution is -0.134. The Morgan fingerprint density at radius 1 is 1.21 bits per heavy atom. The molecule has 1 aromatic rings. The number of carbonyl (C=O) groups excluding carboxylic acids is 1. The lowest BCUT2D eigenvalue weighted by Crippen LogP contribution is -2.46. The first-order chi connectivity index (χ1) is 13.7. The van der Waals surface area contributed by atoms with Crippen molar-refractivity contribution in [3.63, 3.8) is 0 Å². The smallest absolute Gasteiger partial charge is 0.225 e. The number of fused-ring (bicyclic) bond motifs is 3. The highest BCUT2D eigenvalue weighted by Crippen LogP contribution is 2.60. The van der Waals surface area contributed by atoms with Gasteiger partial charge in [0.05, 0.1) is 0 Å². The van der Waals surface area contributed by atoms with Gasteiger partial charge in [-0.2, -0.15) is 0 Å². The molecule has 0 bridgehead atoms. The number of carbonyl (C=O) groups is 1. The van der Waals surface area contributed by atoms with E-state index in [0.717, 1.165) is 62.6 Å². The molecule has 1 aromatic carbocycles. The van der Waals surface area contributed by atoms with E-state index in [0.29, 0.717) is 11.9 Å². The van der Waals surface area contributed by atoms with Gasteiger partial charge < -0.3 is 15.5 Å². The molecule has 5 heteroatoms. The number of nitrogens with one attached hydrogen (secondary N) is 2. The number of aliphatic imine (C=N–C) groups is 1. The van der Waals surface area contributed by atoms with Crippen LogP contribution in [0.15, 0.2) is 29.3 Å². The molecule has 5 nitrogen and oxygen atoms in total. The predicted octanol–water partition coefficient (Wildman–Crippen LogP) is 2.53. The van der Waals surface area contributed by atoms with Crippen molar-refractivity contribution in [2.45, 2.75) is 50.5 Å². The summed E-state index contributed by atoms with van der Waals surface area (Å²) in [6.07, 6.45) is 6.86. The molecule has 0 spiro atoms. The summed E-state index contributed by atoms with van der Waals surface area (Å²) in [6.45, 7) is 2.69. The Morgan fingerprint density at radius 2 is 2.04 bits per heavy atom. The highest BCUT2D eigenvalue weighted by atomic mass is 16.2. The molecule has 3 aliphatic carbocycles. The second-order valence-electron chi connectivity index (χ2n) is 9.11. The van der Waals surface area contributed by atoms with E-state index in [1.807, 2.05) is 7.05 Å². The lowest BCUT2D eigenvalue weighted by atomic mass is 10.0. The standard InChI is InChI=1S/C23H32N4O/c1-24-23(25-13-20-19-12-16-8-4-5-9-18(16)21(19)20)26-17-10-11-27(14-17)22(28)15-6-2-3-7-15/h4-5,8-9,15,17,19-21H,2-3,6-7,10-14H2,1H3,(H2,24,25,26). The minimum atomic E-state index is 0.286. The van der Waals surface area contributed by atoms with Gasteiger partial charge >= 0.3 is 0 Å². The molecule has 0 radical (unpaired) electrons. The quantitative estimate of drug-likeness (QED) is 0.623. The van der Waals surface area contributed by atoms with Crippen LogP contribution in [0.3, 0.4) is 0 Å². The van der Waals surface area contributed by atoms with Crippen LogP contribution in [-0.4, -0.2) is 49.5 Å². The fourth-order valence-corrected chi connectivity index (χ4v) is 5.87.